The predicted octanol–water partition coefficient (Wildman–Crippen LogP) is 3.61. The molecular formula is C12H13F8N3O2. The molecule has 1 rings (SSSR count). The number of carbonyl (C=O) groups excluding carboxylic acids is 1. The van der Waals surface area contributed by atoms with Gasteiger partial charge in [-0.25, -0.2) is 9.78 Å². The van der Waals surface area contributed by atoms with Crippen LogP contribution < -0.4 is 15.4 Å². The number of rotatable bonds is 6. The number of nitrogens with zero attached hydrogens (tertiary/aromatic N) is 1. The summed E-state index contributed by atoms with van der Waals surface area (Å²) in [5.74, 6) is -0.318. The van der Waals surface area contributed by atoms with Gasteiger partial charge in [-0.3, -0.25) is 0 Å². The maximum atomic E-state index is 12.0. The highest BCUT2D eigenvalue weighted by molar-refractivity contribution is 5.73. The lowest BCUT2D eigenvalue weighted by atomic mass is 10.2. The molecule has 1 heterocycles. The van der Waals surface area contributed by atoms with E-state index in [4.69, 9.17) is 0 Å². The first-order valence-corrected chi connectivity index (χ1v) is 6.40. The number of hydrogen-bond donors (Lipinski definition) is 2. The molecule has 0 aliphatic heterocycles. The van der Waals surface area contributed by atoms with E-state index in [1.165, 1.54) is 18.3 Å². The van der Waals surface area contributed by atoms with Gasteiger partial charge in [-0.15, -0.1) is 0 Å². The van der Waals surface area contributed by atoms with Crippen molar-refractivity contribution in [3.8, 4) is 5.88 Å². The highest BCUT2D eigenvalue weighted by atomic mass is 19.4. The van der Waals surface area contributed by atoms with Gasteiger partial charge in [-0.2, -0.15) is 35.1 Å². The number of nitrogens with one attached hydrogen (secondary N) is 2. The molecule has 2 N–H and O–H groups in total. The molecule has 25 heavy (non-hydrogen) atoms. The van der Waals surface area contributed by atoms with Crippen LogP contribution in [0.5, 0.6) is 5.88 Å². The van der Waals surface area contributed by atoms with Crippen LogP contribution >= 0.6 is 0 Å². The van der Waals surface area contributed by atoms with E-state index < -0.39 is 38.5 Å². The van der Waals surface area contributed by atoms with Crippen molar-refractivity contribution in [1.29, 1.82) is 0 Å². The smallest absolute Gasteiger partial charge is 0.390 e. The predicted molar refractivity (Wildman–Crippen MR) is 68.9 cm³/mol. The van der Waals surface area contributed by atoms with Crippen molar-refractivity contribution in [2.24, 2.45) is 0 Å². The van der Waals surface area contributed by atoms with Gasteiger partial charge in [0.2, 0.25) is 5.88 Å². The number of halogens is 8. The molecule has 144 valence electrons. The van der Waals surface area contributed by atoms with E-state index in [-0.39, 0.29) is 12.4 Å². The molecule has 0 aliphatic carbocycles. The second-order valence-electron chi connectivity index (χ2n) is 4.10. The standard InChI is InChI=1S/C11H12F5N3O2.CHF3/c12-9(13)21-8-5-7(1-3-17-8)6-19-10(20)18-4-2-11(14,15)16;2-1(3)4/h1,3,5,9H,2,4,6H2,(H2,18,19,20);1H. The second-order valence-corrected chi connectivity index (χ2v) is 4.10. The molecular weight excluding hydrogens is 370 g/mol. The summed E-state index contributed by atoms with van der Waals surface area (Å²) in [6, 6.07) is 1.82. The van der Waals surface area contributed by atoms with Crippen molar-refractivity contribution in [3.05, 3.63) is 23.9 Å². The van der Waals surface area contributed by atoms with Gasteiger partial charge in [0.05, 0.1) is 6.42 Å². The van der Waals surface area contributed by atoms with Gasteiger partial charge in [-0.05, 0) is 11.6 Å². The number of ether oxygens (including phenoxy) is 1. The number of carbonyl (C=O) groups is 1. The summed E-state index contributed by atoms with van der Waals surface area (Å²) in [7, 11) is 0. The van der Waals surface area contributed by atoms with Crippen LogP contribution in [0.15, 0.2) is 18.3 Å². The van der Waals surface area contributed by atoms with E-state index in [9.17, 15) is 39.9 Å². The summed E-state index contributed by atoms with van der Waals surface area (Å²) in [6.45, 7) is -7.31. The summed E-state index contributed by atoms with van der Waals surface area (Å²) in [5, 5.41) is 4.30. The van der Waals surface area contributed by atoms with E-state index in [2.05, 4.69) is 15.0 Å². The zero-order valence-electron chi connectivity index (χ0n) is 12.3. The number of pyridine rings is 1. The summed E-state index contributed by atoms with van der Waals surface area (Å²) in [6.07, 6.45) is -4.28. The molecule has 0 saturated heterocycles. The Morgan fingerprint density at radius 2 is 1.76 bits per heavy atom. The highest BCUT2D eigenvalue weighted by Crippen LogP contribution is 2.18. The SMILES string of the molecule is FC(F)F.O=C(NCCC(F)(F)F)NCc1ccnc(OC(F)F)c1. The minimum absolute atomic E-state index is 0.0695. The van der Waals surface area contributed by atoms with E-state index in [1.807, 2.05) is 5.32 Å². The lowest BCUT2D eigenvalue weighted by molar-refractivity contribution is -0.132. The molecule has 0 radical (unpaired) electrons. The van der Waals surface area contributed by atoms with Crippen LogP contribution in [0.2, 0.25) is 0 Å². The fourth-order valence-electron chi connectivity index (χ4n) is 1.28. The van der Waals surface area contributed by atoms with E-state index in [0.29, 0.717) is 5.56 Å². The Morgan fingerprint density at radius 3 is 2.28 bits per heavy atom. The largest absolute Gasteiger partial charge is 0.417 e. The fraction of sp³-hybridized carbons (Fsp3) is 0.500. The Kier molecular flexibility index (Phi) is 10.2. The maximum absolute atomic E-state index is 12.0. The molecule has 0 unspecified atom stereocenters. The minimum atomic E-state index is -4.35. The van der Waals surface area contributed by atoms with Crippen LogP contribution in [0.3, 0.4) is 0 Å². The average molecular weight is 383 g/mol. The number of urea groups is 1. The van der Waals surface area contributed by atoms with Gasteiger partial charge in [0, 0.05) is 25.4 Å². The first-order valence-electron chi connectivity index (χ1n) is 6.40. The molecule has 0 bridgehead atoms. The molecule has 0 aliphatic rings. The number of amides is 2. The number of alkyl halides is 8. The normalized spacial score (nSPS) is 11.0. The zero-order valence-corrected chi connectivity index (χ0v) is 12.3. The number of hydrogen-bond acceptors (Lipinski definition) is 3. The molecule has 13 heteroatoms. The van der Waals surface area contributed by atoms with Crippen LogP contribution in [0.1, 0.15) is 12.0 Å². The van der Waals surface area contributed by atoms with Crippen molar-refractivity contribution >= 4 is 6.03 Å². The van der Waals surface area contributed by atoms with Crippen molar-refractivity contribution < 1.29 is 44.7 Å². The van der Waals surface area contributed by atoms with Gasteiger partial charge in [0.1, 0.15) is 0 Å². The highest BCUT2D eigenvalue weighted by Gasteiger charge is 2.26. The van der Waals surface area contributed by atoms with Crippen LogP contribution in [-0.2, 0) is 6.54 Å². The summed E-state index contributed by atoms with van der Waals surface area (Å²) >= 11 is 0. The van der Waals surface area contributed by atoms with Gasteiger partial charge < -0.3 is 15.4 Å². The Balaban J connectivity index is 0.00000129. The quantitative estimate of drug-likeness (QED) is 0.738. The van der Waals surface area contributed by atoms with Gasteiger partial charge in [0.15, 0.2) is 0 Å². The first-order chi connectivity index (χ1) is 11.5. The van der Waals surface area contributed by atoms with Crippen LogP contribution in [0, 0.1) is 0 Å². The van der Waals surface area contributed by atoms with Crippen LogP contribution in [0.4, 0.5) is 39.9 Å². The molecule has 1 aromatic rings. The molecule has 2 amide bonds. The van der Waals surface area contributed by atoms with Gasteiger partial charge in [-0.1, -0.05) is 0 Å². The van der Waals surface area contributed by atoms with Crippen molar-refractivity contribution in [3.63, 3.8) is 0 Å². The Morgan fingerprint density at radius 1 is 1.16 bits per heavy atom. The van der Waals surface area contributed by atoms with Crippen molar-refractivity contribution in [2.75, 3.05) is 6.54 Å². The monoisotopic (exact) mass is 383 g/mol. The molecule has 0 spiro atoms. The third-order valence-corrected chi connectivity index (χ3v) is 2.16. The van der Waals surface area contributed by atoms with Gasteiger partial charge in [0.25, 0.3) is 0 Å². The molecule has 5 nitrogen and oxygen atoms in total. The molecule has 0 aromatic carbocycles. The fourth-order valence-corrected chi connectivity index (χ4v) is 1.28. The lowest BCUT2D eigenvalue weighted by Gasteiger charge is -2.10. The molecule has 0 atom stereocenters. The Bertz CT molecular complexity index is 511. The molecule has 0 fully saturated rings. The topological polar surface area (TPSA) is 63.2 Å². The maximum Gasteiger partial charge on any atom is 0.390 e. The third-order valence-electron chi connectivity index (χ3n) is 2.16. The minimum Gasteiger partial charge on any atom is -0.417 e. The molecule has 0 saturated carbocycles. The third kappa shape index (κ3) is 15.0. The van der Waals surface area contributed by atoms with Gasteiger partial charge >= 0.3 is 25.5 Å². The summed E-state index contributed by atoms with van der Waals surface area (Å²) in [5.41, 5.74) is 0.409. The van der Waals surface area contributed by atoms with Crippen molar-refractivity contribution in [1.82, 2.24) is 15.6 Å². The zero-order chi connectivity index (χ0) is 19.5. The van der Waals surface area contributed by atoms with E-state index in [0.717, 1.165) is 0 Å². The summed E-state index contributed by atoms with van der Waals surface area (Å²) in [4.78, 5) is 14.7. The average Bonchev–Trinajstić information content (AvgIpc) is 2.43. The number of aromatic nitrogens is 1. The second kappa shape index (κ2) is 11.3. The lowest BCUT2D eigenvalue weighted by Crippen LogP contribution is -2.36. The first kappa shape index (κ1) is 22.7. The van der Waals surface area contributed by atoms with Crippen molar-refractivity contribution in [2.45, 2.75) is 32.4 Å². The Hall–Kier alpha value is -2.34. The summed E-state index contributed by atoms with van der Waals surface area (Å²) < 4.78 is 92.6. The molecule has 1 aromatic heterocycles. The van der Waals surface area contributed by atoms with Crippen LogP contribution in [-0.4, -0.2) is 37.0 Å². The Labute approximate surface area is 136 Å². The van der Waals surface area contributed by atoms with E-state index >= 15 is 0 Å². The van der Waals surface area contributed by atoms with E-state index in [1.54, 1.807) is 0 Å². The van der Waals surface area contributed by atoms with Crippen LogP contribution in [0.25, 0.3) is 0 Å².